The normalized spacial score (nSPS) is 19.3. The second-order valence-corrected chi connectivity index (χ2v) is 5.03. The smallest absolute Gasteiger partial charge is 0.0367 e. The average Bonchev–Trinajstić information content (AvgIpc) is 2.90. The van der Waals surface area contributed by atoms with Gasteiger partial charge in [-0.25, -0.2) is 0 Å². The van der Waals surface area contributed by atoms with Crippen molar-refractivity contribution in [3.63, 3.8) is 0 Å². The Hall–Kier alpha value is -1.22. The molecule has 1 saturated heterocycles. The van der Waals surface area contributed by atoms with Crippen molar-refractivity contribution < 1.29 is 0 Å². The molecule has 100 valence electrons. The van der Waals surface area contributed by atoms with Crippen LogP contribution in [0.4, 0.5) is 11.4 Å². The lowest BCUT2D eigenvalue weighted by Gasteiger charge is -2.23. The summed E-state index contributed by atoms with van der Waals surface area (Å²) in [4.78, 5) is 4.82. The van der Waals surface area contributed by atoms with Gasteiger partial charge in [0.15, 0.2) is 0 Å². The van der Waals surface area contributed by atoms with Crippen molar-refractivity contribution in [2.75, 3.05) is 42.5 Å². The Labute approximate surface area is 111 Å². The molecular weight excluding hydrogens is 222 g/mol. The Morgan fingerprint density at radius 1 is 1.22 bits per heavy atom. The van der Waals surface area contributed by atoms with Crippen molar-refractivity contribution in [1.82, 2.24) is 0 Å². The van der Waals surface area contributed by atoms with Crippen molar-refractivity contribution in [3.05, 3.63) is 24.3 Å². The quantitative estimate of drug-likeness (QED) is 0.866. The monoisotopic (exact) mass is 247 g/mol. The summed E-state index contributed by atoms with van der Waals surface area (Å²) in [7, 11) is 0. The van der Waals surface area contributed by atoms with E-state index in [-0.39, 0.29) is 0 Å². The van der Waals surface area contributed by atoms with Crippen molar-refractivity contribution in [2.24, 2.45) is 11.7 Å². The number of nitrogens with two attached hydrogens (primary N) is 1. The molecule has 3 nitrogen and oxygen atoms in total. The van der Waals surface area contributed by atoms with Crippen molar-refractivity contribution >= 4 is 11.4 Å². The largest absolute Gasteiger partial charge is 0.372 e. The number of hydrogen-bond donors (Lipinski definition) is 1. The van der Waals surface area contributed by atoms with Crippen LogP contribution in [0, 0.1) is 5.92 Å². The van der Waals surface area contributed by atoms with E-state index in [1.54, 1.807) is 0 Å². The fourth-order valence-corrected chi connectivity index (χ4v) is 2.72. The molecule has 0 saturated carbocycles. The molecule has 1 aromatic carbocycles. The third-order valence-corrected chi connectivity index (χ3v) is 3.96. The second kappa shape index (κ2) is 6.10. The minimum atomic E-state index is 0.674. The molecule has 0 spiro atoms. The van der Waals surface area contributed by atoms with Gasteiger partial charge in [-0.3, -0.25) is 0 Å². The molecule has 2 rings (SSSR count). The van der Waals surface area contributed by atoms with Gasteiger partial charge in [-0.15, -0.1) is 0 Å². The highest BCUT2D eigenvalue weighted by Gasteiger charge is 2.21. The maximum atomic E-state index is 5.74. The Balaban J connectivity index is 2.04. The van der Waals surface area contributed by atoms with E-state index in [1.807, 2.05) is 0 Å². The second-order valence-electron chi connectivity index (χ2n) is 5.03. The number of anilines is 2. The third kappa shape index (κ3) is 2.78. The summed E-state index contributed by atoms with van der Waals surface area (Å²) < 4.78 is 0. The molecule has 1 aliphatic rings. The topological polar surface area (TPSA) is 32.5 Å². The Bertz CT molecular complexity index is 357. The van der Waals surface area contributed by atoms with Crippen LogP contribution in [-0.2, 0) is 0 Å². The van der Waals surface area contributed by atoms with Crippen LogP contribution >= 0.6 is 0 Å². The van der Waals surface area contributed by atoms with Gasteiger partial charge in [0.1, 0.15) is 0 Å². The van der Waals surface area contributed by atoms with Gasteiger partial charge in [-0.1, -0.05) is 0 Å². The van der Waals surface area contributed by atoms with Gasteiger partial charge >= 0.3 is 0 Å². The molecule has 1 heterocycles. The molecule has 3 heteroatoms. The molecule has 2 N–H and O–H groups in total. The first-order chi connectivity index (χ1) is 8.78. The third-order valence-electron chi connectivity index (χ3n) is 3.96. The van der Waals surface area contributed by atoms with Crippen molar-refractivity contribution in [2.45, 2.75) is 20.3 Å². The molecule has 1 aliphatic heterocycles. The van der Waals surface area contributed by atoms with Gasteiger partial charge in [0, 0.05) is 37.6 Å². The van der Waals surface area contributed by atoms with Crippen LogP contribution in [0.2, 0.25) is 0 Å². The molecule has 1 aromatic rings. The minimum absolute atomic E-state index is 0.674. The standard InChI is InChI=1S/C15H25N3/c1-3-17(4-2)14-5-7-15(8-6-14)18-10-9-13(11-16)12-18/h5-8,13H,3-4,9-12,16H2,1-2H3. The Kier molecular flexibility index (Phi) is 4.48. The average molecular weight is 247 g/mol. The summed E-state index contributed by atoms with van der Waals surface area (Å²) in [5.74, 6) is 0.674. The van der Waals surface area contributed by atoms with Crippen molar-refractivity contribution in [1.29, 1.82) is 0 Å². The van der Waals surface area contributed by atoms with E-state index in [9.17, 15) is 0 Å². The van der Waals surface area contributed by atoms with Crippen LogP contribution in [-0.4, -0.2) is 32.7 Å². The first-order valence-electron chi connectivity index (χ1n) is 7.08. The summed E-state index contributed by atoms with van der Waals surface area (Å²) in [6.45, 7) is 9.60. The van der Waals surface area contributed by atoms with Crippen LogP contribution < -0.4 is 15.5 Å². The van der Waals surface area contributed by atoms with Crippen LogP contribution in [0.3, 0.4) is 0 Å². The molecule has 0 bridgehead atoms. The van der Waals surface area contributed by atoms with E-state index in [0.717, 1.165) is 32.7 Å². The summed E-state index contributed by atoms with van der Waals surface area (Å²) >= 11 is 0. The zero-order valence-corrected chi connectivity index (χ0v) is 11.6. The summed E-state index contributed by atoms with van der Waals surface area (Å²) in [5.41, 5.74) is 8.39. The van der Waals surface area contributed by atoms with Crippen LogP contribution in [0.5, 0.6) is 0 Å². The molecule has 0 amide bonds. The highest BCUT2D eigenvalue weighted by Crippen LogP contribution is 2.25. The summed E-state index contributed by atoms with van der Waals surface area (Å²) in [5, 5.41) is 0. The number of rotatable bonds is 5. The lowest BCUT2D eigenvalue weighted by atomic mass is 10.1. The SMILES string of the molecule is CCN(CC)c1ccc(N2CCC(CN)C2)cc1. The van der Waals surface area contributed by atoms with Crippen LogP contribution in [0.1, 0.15) is 20.3 Å². The molecule has 0 radical (unpaired) electrons. The summed E-state index contributed by atoms with van der Waals surface area (Å²) in [6, 6.07) is 8.95. The number of nitrogens with zero attached hydrogens (tertiary/aromatic N) is 2. The van der Waals surface area contributed by atoms with E-state index in [4.69, 9.17) is 5.73 Å². The van der Waals surface area contributed by atoms with Crippen LogP contribution in [0.25, 0.3) is 0 Å². The Morgan fingerprint density at radius 2 is 1.89 bits per heavy atom. The van der Waals surface area contributed by atoms with Crippen molar-refractivity contribution in [3.8, 4) is 0 Å². The molecule has 1 atom stereocenters. The lowest BCUT2D eigenvalue weighted by Crippen LogP contribution is -2.23. The summed E-state index contributed by atoms with van der Waals surface area (Å²) in [6.07, 6.45) is 1.23. The highest BCUT2D eigenvalue weighted by molar-refractivity contribution is 5.56. The van der Waals surface area contributed by atoms with Crippen LogP contribution in [0.15, 0.2) is 24.3 Å². The maximum Gasteiger partial charge on any atom is 0.0367 e. The van der Waals surface area contributed by atoms with Gasteiger partial charge in [0.2, 0.25) is 0 Å². The fourth-order valence-electron chi connectivity index (χ4n) is 2.72. The first-order valence-corrected chi connectivity index (χ1v) is 7.08. The fraction of sp³-hybridized carbons (Fsp3) is 0.600. The van der Waals surface area contributed by atoms with Gasteiger partial charge in [0.05, 0.1) is 0 Å². The maximum absolute atomic E-state index is 5.74. The first kappa shape index (κ1) is 13.2. The predicted octanol–water partition coefficient (Wildman–Crippen LogP) is 2.32. The van der Waals surface area contributed by atoms with Gasteiger partial charge in [-0.2, -0.15) is 0 Å². The highest BCUT2D eigenvalue weighted by atomic mass is 15.2. The Morgan fingerprint density at radius 3 is 2.39 bits per heavy atom. The van der Waals surface area contributed by atoms with Gasteiger partial charge in [0.25, 0.3) is 0 Å². The number of hydrogen-bond acceptors (Lipinski definition) is 3. The van der Waals surface area contributed by atoms with E-state index < -0.39 is 0 Å². The van der Waals surface area contributed by atoms with E-state index in [2.05, 4.69) is 47.9 Å². The predicted molar refractivity (Wildman–Crippen MR) is 79.4 cm³/mol. The lowest BCUT2D eigenvalue weighted by molar-refractivity contribution is 0.602. The molecule has 1 fully saturated rings. The molecule has 0 aliphatic carbocycles. The van der Waals surface area contributed by atoms with E-state index in [1.165, 1.54) is 17.8 Å². The van der Waals surface area contributed by atoms with E-state index in [0.29, 0.717) is 5.92 Å². The minimum Gasteiger partial charge on any atom is -0.372 e. The molecule has 1 unspecified atom stereocenters. The number of benzene rings is 1. The zero-order valence-electron chi connectivity index (χ0n) is 11.6. The van der Waals surface area contributed by atoms with Gasteiger partial charge < -0.3 is 15.5 Å². The molecular formula is C15H25N3. The zero-order chi connectivity index (χ0) is 13.0. The van der Waals surface area contributed by atoms with Gasteiger partial charge in [-0.05, 0) is 57.0 Å². The molecule has 18 heavy (non-hydrogen) atoms. The molecule has 0 aromatic heterocycles. The van der Waals surface area contributed by atoms with E-state index >= 15 is 0 Å².